The Morgan fingerprint density at radius 2 is 1.87 bits per heavy atom. The minimum Gasteiger partial charge on any atom is -0.380 e. The highest BCUT2D eigenvalue weighted by Crippen LogP contribution is 2.36. The van der Waals surface area contributed by atoms with E-state index in [-0.39, 0.29) is 0 Å². The molecule has 3 rings (SSSR count). The second kappa shape index (κ2) is 8.20. The fourth-order valence-electron chi connectivity index (χ4n) is 3.01. The average Bonchev–Trinajstić information content (AvgIpc) is 2.81. The van der Waals surface area contributed by atoms with Gasteiger partial charge < -0.3 is 10.1 Å². The molecule has 0 atom stereocenters. The summed E-state index contributed by atoms with van der Waals surface area (Å²) in [6.07, 6.45) is 2.14. The van der Waals surface area contributed by atoms with Crippen LogP contribution in [0.4, 0.5) is 0 Å². The number of hydrogen-bond donors (Lipinski definition) is 1. The van der Waals surface area contributed by atoms with Crippen molar-refractivity contribution in [3.8, 4) is 0 Å². The molecule has 0 aromatic heterocycles. The van der Waals surface area contributed by atoms with Crippen molar-refractivity contribution in [1.29, 1.82) is 0 Å². The normalized spacial score (nSPS) is 14.3. The molecule has 4 heteroatoms. The molecule has 1 N–H and O–H groups in total. The number of halogens is 1. The lowest BCUT2D eigenvalue weighted by Gasteiger charge is -2.15. The van der Waals surface area contributed by atoms with Gasteiger partial charge in [-0.15, -0.1) is 11.8 Å². The summed E-state index contributed by atoms with van der Waals surface area (Å²) in [6, 6.07) is 12.7. The summed E-state index contributed by atoms with van der Waals surface area (Å²) in [5.41, 5.74) is 5.44. The van der Waals surface area contributed by atoms with Crippen LogP contribution < -0.4 is 5.32 Å². The van der Waals surface area contributed by atoms with Crippen LogP contribution in [0.3, 0.4) is 0 Å². The summed E-state index contributed by atoms with van der Waals surface area (Å²) in [7, 11) is 1.74. The van der Waals surface area contributed by atoms with Crippen LogP contribution in [-0.2, 0) is 29.9 Å². The van der Waals surface area contributed by atoms with Crippen LogP contribution in [0, 0.1) is 0 Å². The van der Waals surface area contributed by atoms with E-state index in [1.54, 1.807) is 7.11 Å². The maximum Gasteiger partial charge on any atom is 0.0716 e. The van der Waals surface area contributed by atoms with Gasteiger partial charge in [-0.05, 0) is 54.3 Å². The number of nitrogens with one attached hydrogen (secondary N) is 1. The van der Waals surface area contributed by atoms with Gasteiger partial charge in [-0.3, -0.25) is 0 Å². The third kappa shape index (κ3) is 4.10. The van der Waals surface area contributed by atoms with Crippen LogP contribution in [0.15, 0.2) is 41.3 Å². The van der Waals surface area contributed by atoms with E-state index >= 15 is 0 Å². The molecule has 0 unspecified atom stereocenters. The fourth-order valence-corrected chi connectivity index (χ4v) is 4.55. The largest absolute Gasteiger partial charge is 0.380 e. The lowest BCUT2D eigenvalue weighted by Crippen LogP contribution is -2.16. The van der Waals surface area contributed by atoms with Crippen molar-refractivity contribution in [2.75, 3.05) is 20.2 Å². The van der Waals surface area contributed by atoms with E-state index in [0.29, 0.717) is 6.61 Å². The third-order valence-electron chi connectivity index (χ3n) is 4.22. The van der Waals surface area contributed by atoms with Gasteiger partial charge in [0.05, 0.1) is 11.6 Å². The second-order valence-electron chi connectivity index (χ2n) is 5.75. The molecule has 23 heavy (non-hydrogen) atoms. The van der Waals surface area contributed by atoms with Crippen LogP contribution >= 0.6 is 23.4 Å². The maximum atomic E-state index is 6.52. The van der Waals surface area contributed by atoms with Gasteiger partial charge in [-0.1, -0.05) is 41.9 Å². The zero-order valence-electron chi connectivity index (χ0n) is 13.4. The molecule has 0 amide bonds. The highest BCUT2D eigenvalue weighted by atomic mass is 35.5. The predicted molar refractivity (Wildman–Crippen MR) is 98.4 cm³/mol. The van der Waals surface area contributed by atoms with E-state index in [4.69, 9.17) is 16.3 Å². The van der Waals surface area contributed by atoms with Crippen LogP contribution in [0.25, 0.3) is 0 Å². The van der Waals surface area contributed by atoms with Crippen LogP contribution in [0.1, 0.15) is 22.3 Å². The number of thioether (sulfide) groups is 1. The van der Waals surface area contributed by atoms with E-state index in [9.17, 15) is 0 Å². The van der Waals surface area contributed by atoms with E-state index < -0.39 is 0 Å². The number of benzene rings is 2. The molecule has 2 aromatic carbocycles. The van der Waals surface area contributed by atoms with Crippen molar-refractivity contribution in [1.82, 2.24) is 5.32 Å². The van der Waals surface area contributed by atoms with Gasteiger partial charge in [0.15, 0.2) is 0 Å². The lowest BCUT2D eigenvalue weighted by molar-refractivity contribution is 0.184. The van der Waals surface area contributed by atoms with Gasteiger partial charge in [-0.2, -0.15) is 0 Å². The van der Waals surface area contributed by atoms with Gasteiger partial charge in [-0.25, -0.2) is 0 Å². The highest BCUT2D eigenvalue weighted by Gasteiger charge is 2.15. The topological polar surface area (TPSA) is 21.3 Å². The summed E-state index contributed by atoms with van der Waals surface area (Å²) in [5, 5.41) is 4.35. The molecule has 0 saturated carbocycles. The van der Waals surface area contributed by atoms with Gasteiger partial charge >= 0.3 is 0 Å². The number of rotatable bonds is 5. The molecule has 2 nitrogen and oxygen atoms in total. The molecule has 1 aliphatic rings. The average molecular weight is 348 g/mol. The van der Waals surface area contributed by atoms with Crippen LogP contribution in [0.2, 0.25) is 5.02 Å². The molecule has 2 aromatic rings. The SMILES string of the molecule is COCc1ccccc1CSc1c(Cl)ccc2c1CCNCC2. The summed E-state index contributed by atoms with van der Waals surface area (Å²) >= 11 is 8.36. The first-order valence-corrected chi connectivity index (χ1v) is 9.35. The molecule has 0 saturated heterocycles. The summed E-state index contributed by atoms with van der Waals surface area (Å²) < 4.78 is 5.31. The number of ether oxygens (including phenoxy) is 1. The number of hydrogen-bond acceptors (Lipinski definition) is 3. The van der Waals surface area contributed by atoms with E-state index in [1.807, 2.05) is 11.8 Å². The predicted octanol–water partition coefficient (Wildman–Crippen LogP) is 4.47. The number of methoxy groups -OCH3 is 1. The maximum absolute atomic E-state index is 6.52. The zero-order chi connectivity index (χ0) is 16.1. The molecular weight excluding hydrogens is 326 g/mol. The monoisotopic (exact) mass is 347 g/mol. The molecule has 0 spiro atoms. The fraction of sp³-hybridized carbons (Fsp3) is 0.368. The van der Waals surface area contributed by atoms with E-state index in [2.05, 4.69) is 41.7 Å². The molecule has 0 bridgehead atoms. The second-order valence-corrected chi connectivity index (χ2v) is 7.15. The van der Waals surface area contributed by atoms with Crippen LogP contribution in [-0.4, -0.2) is 20.2 Å². The molecule has 0 aliphatic carbocycles. The minimum absolute atomic E-state index is 0.654. The van der Waals surface area contributed by atoms with E-state index in [1.165, 1.54) is 27.1 Å². The smallest absolute Gasteiger partial charge is 0.0716 e. The summed E-state index contributed by atoms with van der Waals surface area (Å²) in [4.78, 5) is 1.25. The van der Waals surface area contributed by atoms with Crippen molar-refractivity contribution in [2.45, 2.75) is 30.1 Å². The lowest BCUT2D eigenvalue weighted by atomic mass is 10.0. The van der Waals surface area contributed by atoms with Crippen molar-refractivity contribution >= 4 is 23.4 Å². The Balaban J connectivity index is 1.83. The van der Waals surface area contributed by atoms with Gasteiger partial charge in [0.1, 0.15) is 0 Å². The molecule has 1 heterocycles. The molecule has 0 radical (unpaired) electrons. The van der Waals surface area contributed by atoms with Gasteiger partial charge in [0, 0.05) is 17.8 Å². The highest BCUT2D eigenvalue weighted by molar-refractivity contribution is 7.98. The Hall–Kier alpha value is -1.00. The van der Waals surface area contributed by atoms with Crippen molar-refractivity contribution in [3.63, 3.8) is 0 Å². The molecule has 0 fully saturated rings. The Bertz CT molecular complexity index is 674. The zero-order valence-corrected chi connectivity index (χ0v) is 15.0. The van der Waals surface area contributed by atoms with E-state index in [0.717, 1.165) is 36.7 Å². The van der Waals surface area contributed by atoms with Crippen LogP contribution in [0.5, 0.6) is 0 Å². The van der Waals surface area contributed by atoms with Crippen molar-refractivity contribution < 1.29 is 4.74 Å². The molecule has 1 aliphatic heterocycles. The molecule has 122 valence electrons. The quantitative estimate of drug-likeness (QED) is 0.806. The minimum atomic E-state index is 0.654. The Kier molecular flexibility index (Phi) is 6.01. The Morgan fingerprint density at radius 1 is 1.09 bits per heavy atom. The molecular formula is C19H22ClNOS. The Labute approximate surface area is 147 Å². The van der Waals surface area contributed by atoms with Gasteiger partial charge in [0.25, 0.3) is 0 Å². The first-order chi connectivity index (χ1) is 11.3. The first-order valence-electron chi connectivity index (χ1n) is 7.99. The Morgan fingerprint density at radius 3 is 2.70 bits per heavy atom. The standard InChI is InChI=1S/C19H22ClNOS/c1-22-12-15-4-2-3-5-16(15)13-23-19-17-9-11-21-10-8-14(17)6-7-18(19)20/h2-7,21H,8-13H2,1H3. The van der Waals surface area contributed by atoms with Crippen molar-refractivity contribution in [2.24, 2.45) is 0 Å². The first kappa shape index (κ1) is 16.8. The van der Waals surface area contributed by atoms with Crippen molar-refractivity contribution in [3.05, 3.63) is 63.7 Å². The summed E-state index contributed by atoms with van der Waals surface area (Å²) in [6.45, 7) is 2.73. The van der Waals surface area contributed by atoms with Gasteiger partial charge in [0.2, 0.25) is 0 Å². The number of fused-ring (bicyclic) bond motifs is 1. The summed E-state index contributed by atoms with van der Waals surface area (Å²) in [5.74, 6) is 0.920. The third-order valence-corrected chi connectivity index (χ3v) is 5.86.